The summed E-state index contributed by atoms with van der Waals surface area (Å²) < 4.78 is 15.1. The summed E-state index contributed by atoms with van der Waals surface area (Å²) in [6, 6.07) is 14.1. The second-order valence-electron chi connectivity index (χ2n) is 8.39. The van der Waals surface area contributed by atoms with Crippen LogP contribution in [-0.4, -0.2) is 52.2 Å². The molecule has 2 aliphatic rings. The zero-order valence-electron chi connectivity index (χ0n) is 17.3. The molecule has 0 aliphatic carbocycles. The Morgan fingerprint density at radius 1 is 0.968 bits per heavy atom. The van der Waals surface area contributed by atoms with Crippen LogP contribution in [0, 0.1) is 5.82 Å². The van der Waals surface area contributed by atoms with Gasteiger partial charge in [-0.15, -0.1) is 0 Å². The van der Waals surface area contributed by atoms with Crippen LogP contribution in [0.25, 0.3) is 11.0 Å². The van der Waals surface area contributed by atoms with E-state index < -0.39 is 5.54 Å². The van der Waals surface area contributed by atoms with E-state index in [0.717, 1.165) is 55.6 Å². The summed E-state index contributed by atoms with van der Waals surface area (Å²) in [7, 11) is 0. The quantitative estimate of drug-likeness (QED) is 0.661. The number of benzene rings is 2. The number of para-hydroxylation sites is 2. The Morgan fingerprint density at radius 3 is 2.48 bits per heavy atom. The summed E-state index contributed by atoms with van der Waals surface area (Å²) in [6.07, 6.45) is 2.31. The Kier molecular flexibility index (Phi) is 5.02. The molecule has 2 aromatic carbocycles. The fraction of sp³-hybridized carbons (Fsp3) is 0.391. The standard InChI is InChI=1S/C23H26FN5O2/c24-17-6-8-18(9-7-17)29-16-25-21(30)23(29)10-14-27(15-11-23)12-3-13-28-20-5-2-1-4-19(20)26-22(28)31/h1-2,4-9H,3,10-16H2,(H,25,30)(H,26,31). The highest BCUT2D eigenvalue weighted by Gasteiger charge is 2.50. The van der Waals surface area contributed by atoms with Crippen molar-refractivity contribution < 1.29 is 9.18 Å². The van der Waals surface area contributed by atoms with Gasteiger partial charge in [-0.3, -0.25) is 9.36 Å². The number of H-pyrrole nitrogens is 1. The number of amides is 1. The molecule has 8 heteroatoms. The van der Waals surface area contributed by atoms with Crippen LogP contribution in [-0.2, 0) is 11.3 Å². The maximum Gasteiger partial charge on any atom is 0.326 e. The van der Waals surface area contributed by atoms with Gasteiger partial charge in [0.1, 0.15) is 11.4 Å². The van der Waals surface area contributed by atoms with E-state index in [1.165, 1.54) is 12.1 Å². The van der Waals surface area contributed by atoms with Gasteiger partial charge in [0.2, 0.25) is 5.91 Å². The summed E-state index contributed by atoms with van der Waals surface area (Å²) in [5.41, 5.74) is 2.02. The number of aryl methyl sites for hydroxylation is 1. The van der Waals surface area contributed by atoms with Crippen molar-refractivity contribution in [2.24, 2.45) is 0 Å². The van der Waals surface area contributed by atoms with Gasteiger partial charge in [0.05, 0.1) is 17.7 Å². The molecule has 1 aromatic heterocycles. The summed E-state index contributed by atoms with van der Waals surface area (Å²) >= 11 is 0. The average molecular weight is 423 g/mol. The molecule has 7 nitrogen and oxygen atoms in total. The van der Waals surface area contributed by atoms with Gasteiger partial charge in [-0.2, -0.15) is 0 Å². The van der Waals surface area contributed by atoms with Gasteiger partial charge in [0.25, 0.3) is 0 Å². The number of aromatic nitrogens is 2. The highest BCUT2D eigenvalue weighted by atomic mass is 19.1. The SMILES string of the molecule is O=C1NCN(c2ccc(F)cc2)C12CCN(CCCn1c(=O)[nH]c3ccccc31)CC2. The lowest BCUT2D eigenvalue weighted by molar-refractivity contribution is -0.125. The fourth-order valence-corrected chi connectivity index (χ4v) is 4.97. The molecule has 1 spiro atoms. The van der Waals surface area contributed by atoms with Crippen molar-refractivity contribution >= 4 is 22.6 Å². The number of hydrogen-bond donors (Lipinski definition) is 2. The molecular weight excluding hydrogens is 397 g/mol. The number of likely N-dealkylation sites (tertiary alicyclic amines) is 1. The van der Waals surface area contributed by atoms with Crippen LogP contribution >= 0.6 is 0 Å². The average Bonchev–Trinajstić information content (AvgIpc) is 3.27. The lowest BCUT2D eigenvalue weighted by Crippen LogP contribution is -2.56. The van der Waals surface area contributed by atoms with Crippen molar-refractivity contribution in [3.8, 4) is 0 Å². The smallest absolute Gasteiger partial charge is 0.326 e. The van der Waals surface area contributed by atoms with Gasteiger partial charge in [0.15, 0.2) is 0 Å². The van der Waals surface area contributed by atoms with E-state index in [4.69, 9.17) is 0 Å². The topological polar surface area (TPSA) is 73.4 Å². The van der Waals surface area contributed by atoms with Crippen LogP contribution in [0.1, 0.15) is 19.3 Å². The van der Waals surface area contributed by atoms with Crippen LogP contribution in [0.3, 0.4) is 0 Å². The number of carbonyl (C=O) groups is 1. The zero-order valence-corrected chi connectivity index (χ0v) is 17.3. The summed E-state index contributed by atoms with van der Waals surface area (Å²) in [5.74, 6) is -0.220. The molecule has 162 valence electrons. The van der Waals surface area contributed by atoms with E-state index in [2.05, 4.69) is 20.1 Å². The molecule has 3 heterocycles. The van der Waals surface area contributed by atoms with Crippen molar-refractivity contribution in [3.05, 3.63) is 64.8 Å². The molecule has 2 saturated heterocycles. The van der Waals surface area contributed by atoms with E-state index in [-0.39, 0.29) is 17.4 Å². The third-order valence-electron chi connectivity index (χ3n) is 6.70. The Morgan fingerprint density at radius 2 is 1.71 bits per heavy atom. The molecule has 2 N–H and O–H groups in total. The summed E-state index contributed by atoms with van der Waals surface area (Å²) in [4.78, 5) is 32.3. The second kappa shape index (κ2) is 7.85. The van der Waals surface area contributed by atoms with Crippen molar-refractivity contribution in [2.45, 2.75) is 31.3 Å². The molecule has 2 aliphatic heterocycles. The minimum Gasteiger partial charge on any atom is -0.339 e. The predicted octanol–water partition coefficient (Wildman–Crippen LogP) is 2.29. The molecule has 0 bridgehead atoms. The molecule has 1 amide bonds. The predicted molar refractivity (Wildman–Crippen MR) is 117 cm³/mol. The van der Waals surface area contributed by atoms with Crippen LogP contribution in [0.2, 0.25) is 0 Å². The first-order chi connectivity index (χ1) is 15.1. The monoisotopic (exact) mass is 423 g/mol. The van der Waals surface area contributed by atoms with E-state index in [0.29, 0.717) is 13.2 Å². The first-order valence-electron chi connectivity index (χ1n) is 10.8. The van der Waals surface area contributed by atoms with Crippen LogP contribution in [0.4, 0.5) is 10.1 Å². The van der Waals surface area contributed by atoms with Crippen molar-refractivity contribution in [1.82, 2.24) is 19.8 Å². The lowest BCUT2D eigenvalue weighted by Gasteiger charge is -2.43. The number of carbonyl (C=O) groups excluding carboxylic acids is 1. The molecule has 0 atom stereocenters. The van der Waals surface area contributed by atoms with Crippen LogP contribution in [0.5, 0.6) is 0 Å². The molecule has 0 unspecified atom stereocenters. The van der Waals surface area contributed by atoms with Crippen molar-refractivity contribution in [2.75, 3.05) is 31.2 Å². The summed E-state index contributed by atoms with van der Waals surface area (Å²) in [5, 5.41) is 2.98. The van der Waals surface area contributed by atoms with Gasteiger partial charge in [-0.25, -0.2) is 9.18 Å². The first kappa shape index (κ1) is 19.8. The number of aromatic amines is 1. The lowest BCUT2D eigenvalue weighted by atomic mass is 9.85. The highest BCUT2D eigenvalue weighted by Crippen LogP contribution is 2.36. The molecule has 3 aromatic rings. The van der Waals surface area contributed by atoms with Gasteiger partial charge in [-0.1, -0.05) is 12.1 Å². The Balaban J connectivity index is 1.21. The van der Waals surface area contributed by atoms with Crippen molar-refractivity contribution in [3.63, 3.8) is 0 Å². The number of hydrogen-bond acceptors (Lipinski definition) is 4. The number of piperidine rings is 1. The highest BCUT2D eigenvalue weighted by molar-refractivity contribution is 5.93. The molecular formula is C23H26FN5O2. The number of halogens is 1. The first-order valence-corrected chi connectivity index (χ1v) is 10.8. The number of fused-ring (bicyclic) bond motifs is 1. The normalized spacial score (nSPS) is 18.7. The number of anilines is 1. The third kappa shape index (κ3) is 3.50. The Bertz CT molecular complexity index is 1140. The van der Waals surface area contributed by atoms with E-state index in [9.17, 15) is 14.0 Å². The van der Waals surface area contributed by atoms with E-state index in [1.807, 2.05) is 24.3 Å². The van der Waals surface area contributed by atoms with Crippen molar-refractivity contribution in [1.29, 1.82) is 0 Å². The summed E-state index contributed by atoms with van der Waals surface area (Å²) in [6.45, 7) is 3.61. The molecule has 0 saturated carbocycles. The van der Waals surface area contributed by atoms with Gasteiger partial charge >= 0.3 is 5.69 Å². The zero-order chi connectivity index (χ0) is 21.4. The number of nitrogens with zero attached hydrogens (tertiary/aromatic N) is 3. The van der Waals surface area contributed by atoms with Gasteiger partial charge in [-0.05, 0) is 62.2 Å². The maximum absolute atomic E-state index is 13.3. The molecule has 5 rings (SSSR count). The number of nitrogens with one attached hydrogen (secondary N) is 2. The third-order valence-corrected chi connectivity index (χ3v) is 6.70. The Labute approximate surface area is 179 Å². The van der Waals surface area contributed by atoms with Gasteiger partial charge in [0, 0.05) is 25.3 Å². The second-order valence-corrected chi connectivity index (χ2v) is 8.39. The molecule has 2 fully saturated rings. The minimum absolute atomic E-state index is 0.0572. The van der Waals surface area contributed by atoms with E-state index >= 15 is 0 Å². The maximum atomic E-state index is 13.3. The van der Waals surface area contributed by atoms with Crippen LogP contribution < -0.4 is 15.9 Å². The van der Waals surface area contributed by atoms with Gasteiger partial charge < -0.3 is 20.1 Å². The number of rotatable bonds is 5. The largest absolute Gasteiger partial charge is 0.339 e. The minimum atomic E-state index is -0.567. The molecule has 31 heavy (non-hydrogen) atoms. The fourth-order valence-electron chi connectivity index (χ4n) is 4.97. The number of imidazole rings is 1. The Hall–Kier alpha value is -3.13. The van der Waals surface area contributed by atoms with E-state index in [1.54, 1.807) is 16.7 Å². The van der Waals surface area contributed by atoms with Crippen LogP contribution in [0.15, 0.2) is 53.3 Å². The molecule has 0 radical (unpaired) electrons.